The van der Waals surface area contributed by atoms with E-state index in [-0.39, 0.29) is 6.79 Å². The van der Waals surface area contributed by atoms with Crippen LogP contribution in [0.5, 0.6) is 11.5 Å². The van der Waals surface area contributed by atoms with Crippen LogP contribution in [0.25, 0.3) is 11.4 Å². The van der Waals surface area contributed by atoms with Crippen LogP contribution in [0.1, 0.15) is 0 Å². The number of ether oxygens (including phenoxy) is 3. The number of anilines is 1. The highest BCUT2D eigenvalue weighted by atomic mass is 19.1. The second-order valence-electron chi connectivity index (χ2n) is 5.03. The van der Waals surface area contributed by atoms with Crippen LogP contribution in [-0.2, 0) is 4.74 Å². The van der Waals surface area contributed by atoms with Crippen molar-refractivity contribution in [2.24, 2.45) is 0 Å². The first-order valence-corrected chi connectivity index (χ1v) is 7.06. The maximum absolute atomic E-state index is 14.0. The molecule has 22 heavy (non-hydrogen) atoms. The number of aromatic nitrogens is 2. The van der Waals surface area contributed by atoms with Gasteiger partial charge in [-0.15, -0.1) is 0 Å². The summed E-state index contributed by atoms with van der Waals surface area (Å²) in [5.74, 6) is 1.69. The first kappa shape index (κ1) is 13.3. The van der Waals surface area contributed by atoms with Crippen molar-refractivity contribution in [3.63, 3.8) is 0 Å². The number of morpholine rings is 1. The van der Waals surface area contributed by atoms with Crippen LogP contribution in [0.3, 0.4) is 0 Å². The molecular weight excluding hydrogens is 289 g/mol. The van der Waals surface area contributed by atoms with Crippen LogP contribution in [0.15, 0.2) is 24.4 Å². The van der Waals surface area contributed by atoms with Crippen LogP contribution >= 0.6 is 0 Å². The average Bonchev–Trinajstić information content (AvgIpc) is 3.04. The van der Waals surface area contributed by atoms with E-state index in [1.807, 2.05) is 11.0 Å². The van der Waals surface area contributed by atoms with E-state index in [9.17, 15) is 4.39 Å². The Morgan fingerprint density at radius 3 is 2.77 bits per heavy atom. The van der Waals surface area contributed by atoms with E-state index < -0.39 is 5.82 Å². The molecule has 2 aliphatic heterocycles. The third kappa shape index (κ3) is 2.33. The van der Waals surface area contributed by atoms with Gasteiger partial charge in [0.2, 0.25) is 6.79 Å². The summed E-state index contributed by atoms with van der Waals surface area (Å²) in [5, 5.41) is 0. The maximum Gasteiger partial charge on any atom is 0.231 e. The summed E-state index contributed by atoms with van der Waals surface area (Å²) in [6.45, 7) is 2.59. The molecule has 6 nitrogen and oxygen atoms in total. The summed E-state index contributed by atoms with van der Waals surface area (Å²) in [7, 11) is 0. The number of halogens is 1. The zero-order valence-electron chi connectivity index (χ0n) is 11.8. The van der Waals surface area contributed by atoms with E-state index in [4.69, 9.17) is 14.2 Å². The molecule has 1 aromatic carbocycles. The van der Waals surface area contributed by atoms with Gasteiger partial charge >= 0.3 is 0 Å². The standard InChI is InChI=1S/C15H14FN3O3/c16-11-8-17-14(18-15(11)19-3-5-20-6-4-19)10-1-2-12-13(7-10)22-9-21-12/h1-2,7-8H,3-6,9H2. The van der Waals surface area contributed by atoms with Crippen molar-refractivity contribution < 1.29 is 18.6 Å². The molecule has 1 aromatic heterocycles. The monoisotopic (exact) mass is 303 g/mol. The second-order valence-corrected chi connectivity index (χ2v) is 5.03. The largest absolute Gasteiger partial charge is 0.454 e. The SMILES string of the molecule is Fc1cnc(-c2ccc3c(c2)OCO3)nc1N1CCOCC1. The Hall–Kier alpha value is -2.41. The van der Waals surface area contributed by atoms with E-state index in [1.54, 1.807) is 12.1 Å². The molecule has 2 aromatic rings. The van der Waals surface area contributed by atoms with Crippen LogP contribution in [-0.4, -0.2) is 43.1 Å². The van der Waals surface area contributed by atoms with E-state index in [1.165, 1.54) is 6.20 Å². The Morgan fingerprint density at radius 2 is 1.91 bits per heavy atom. The molecule has 0 saturated carbocycles. The number of nitrogens with zero attached hydrogens (tertiary/aromatic N) is 3. The first-order chi connectivity index (χ1) is 10.8. The zero-order chi connectivity index (χ0) is 14.9. The molecule has 3 heterocycles. The molecule has 0 amide bonds. The van der Waals surface area contributed by atoms with Crippen molar-refractivity contribution in [2.45, 2.75) is 0 Å². The lowest BCUT2D eigenvalue weighted by atomic mass is 10.2. The van der Waals surface area contributed by atoms with Crippen molar-refractivity contribution >= 4 is 5.82 Å². The highest BCUT2D eigenvalue weighted by Gasteiger charge is 2.19. The summed E-state index contributed by atoms with van der Waals surface area (Å²) in [5.41, 5.74) is 0.763. The van der Waals surface area contributed by atoms with Crippen LogP contribution in [0, 0.1) is 5.82 Å². The molecule has 0 unspecified atom stereocenters. The van der Waals surface area contributed by atoms with Gasteiger partial charge in [-0.2, -0.15) is 0 Å². The lowest BCUT2D eigenvalue weighted by Crippen LogP contribution is -2.37. The number of rotatable bonds is 2. The van der Waals surface area contributed by atoms with E-state index in [0.717, 1.165) is 5.56 Å². The minimum Gasteiger partial charge on any atom is -0.454 e. The highest BCUT2D eigenvalue weighted by molar-refractivity contribution is 5.63. The first-order valence-electron chi connectivity index (χ1n) is 7.06. The van der Waals surface area contributed by atoms with E-state index in [2.05, 4.69) is 9.97 Å². The number of benzene rings is 1. The Kier molecular flexibility index (Phi) is 3.27. The molecule has 0 spiro atoms. The fourth-order valence-corrected chi connectivity index (χ4v) is 2.53. The third-order valence-electron chi connectivity index (χ3n) is 3.67. The zero-order valence-corrected chi connectivity index (χ0v) is 11.8. The molecule has 0 bridgehead atoms. The average molecular weight is 303 g/mol. The van der Waals surface area contributed by atoms with Crippen LogP contribution in [0.2, 0.25) is 0 Å². The molecule has 0 aliphatic carbocycles. The molecule has 1 fully saturated rings. The summed E-state index contributed by atoms with van der Waals surface area (Å²) in [4.78, 5) is 10.3. The second kappa shape index (κ2) is 5.42. The molecule has 114 valence electrons. The van der Waals surface area contributed by atoms with Crippen LogP contribution in [0.4, 0.5) is 10.2 Å². The fraction of sp³-hybridized carbons (Fsp3) is 0.333. The fourth-order valence-electron chi connectivity index (χ4n) is 2.53. The van der Waals surface area contributed by atoms with Gasteiger partial charge in [-0.1, -0.05) is 0 Å². The molecule has 0 N–H and O–H groups in total. The van der Waals surface area contributed by atoms with Crippen molar-refractivity contribution in [1.82, 2.24) is 9.97 Å². The van der Waals surface area contributed by atoms with Gasteiger partial charge in [-0.25, -0.2) is 14.4 Å². The van der Waals surface area contributed by atoms with Gasteiger partial charge in [-0.3, -0.25) is 0 Å². The van der Waals surface area contributed by atoms with Crippen molar-refractivity contribution in [2.75, 3.05) is 38.0 Å². The normalized spacial score (nSPS) is 16.9. The van der Waals surface area contributed by atoms with Gasteiger partial charge in [0.15, 0.2) is 29.0 Å². The van der Waals surface area contributed by atoms with E-state index in [0.29, 0.717) is 49.4 Å². The maximum atomic E-state index is 14.0. The van der Waals surface area contributed by atoms with Crippen molar-refractivity contribution in [1.29, 1.82) is 0 Å². The summed E-state index contributed by atoms with van der Waals surface area (Å²) in [6.07, 6.45) is 1.21. The summed E-state index contributed by atoms with van der Waals surface area (Å²) < 4.78 is 30.0. The summed E-state index contributed by atoms with van der Waals surface area (Å²) in [6, 6.07) is 5.45. The lowest BCUT2D eigenvalue weighted by molar-refractivity contribution is 0.122. The Morgan fingerprint density at radius 1 is 1.09 bits per heavy atom. The summed E-state index contributed by atoms with van der Waals surface area (Å²) >= 11 is 0. The molecule has 2 aliphatic rings. The number of fused-ring (bicyclic) bond motifs is 1. The topological polar surface area (TPSA) is 56.7 Å². The van der Waals surface area contributed by atoms with Crippen molar-refractivity contribution in [3.8, 4) is 22.9 Å². The Balaban J connectivity index is 1.70. The van der Waals surface area contributed by atoms with Gasteiger partial charge < -0.3 is 19.1 Å². The third-order valence-corrected chi connectivity index (χ3v) is 3.67. The molecule has 0 radical (unpaired) electrons. The Labute approximate surface area is 126 Å². The highest BCUT2D eigenvalue weighted by Crippen LogP contribution is 2.35. The minimum atomic E-state index is -0.425. The molecule has 1 saturated heterocycles. The van der Waals surface area contributed by atoms with Gasteiger partial charge in [0, 0.05) is 18.7 Å². The van der Waals surface area contributed by atoms with E-state index >= 15 is 0 Å². The number of hydrogen-bond acceptors (Lipinski definition) is 6. The number of hydrogen-bond donors (Lipinski definition) is 0. The predicted molar refractivity (Wildman–Crippen MR) is 76.6 cm³/mol. The predicted octanol–water partition coefficient (Wildman–Crippen LogP) is 1.85. The van der Waals surface area contributed by atoms with Gasteiger partial charge in [0.05, 0.1) is 19.4 Å². The van der Waals surface area contributed by atoms with Crippen molar-refractivity contribution in [3.05, 3.63) is 30.2 Å². The minimum absolute atomic E-state index is 0.210. The lowest BCUT2D eigenvalue weighted by Gasteiger charge is -2.28. The molecular formula is C15H14FN3O3. The van der Waals surface area contributed by atoms with Gasteiger partial charge in [-0.05, 0) is 18.2 Å². The van der Waals surface area contributed by atoms with Gasteiger partial charge in [0.1, 0.15) is 0 Å². The molecule has 4 rings (SSSR count). The quantitative estimate of drug-likeness (QED) is 0.844. The smallest absolute Gasteiger partial charge is 0.231 e. The van der Waals surface area contributed by atoms with Crippen LogP contribution < -0.4 is 14.4 Å². The molecule has 0 atom stereocenters. The van der Waals surface area contributed by atoms with Gasteiger partial charge in [0.25, 0.3) is 0 Å². The molecule has 7 heteroatoms. The Bertz CT molecular complexity index is 704.